The number of pyridine rings is 1. The number of nitrogens with zero attached hydrogens (tertiary/aromatic N) is 2. The van der Waals surface area contributed by atoms with Gasteiger partial charge in [-0.25, -0.2) is 0 Å². The lowest BCUT2D eigenvalue weighted by Gasteiger charge is -1.94. The Kier molecular flexibility index (Phi) is 2.30. The van der Waals surface area contributed by atoms with Gasteiger partial charge in [-0.2, -0.15) is 5.26 Å². The number of aryl methyl sites for hydroxylation is 1. The molecular formula is C7H6N2S. The highest BCUT2D eigenvalue weighted by Gasteiger charge is 1.95. The number of thiocyanates is 1. The smallest absolute Gasteiger partial charge is 0.138 e. The van der Waals surface area contributed by atoms with Gasteiger partial charge < -0.3 is 0 Å². The van der Waals surface area contributed by atoms with Crippen molar-refractivity contribution in [1.82, 2.24) is 4.98 Å². The summed E-state index contributed by atoms with van der Waals surface area (Å²) >= 11 is 1.14. The van der Waals surface area contributed by atoms with Crippen LogP contribution in [0.4, 0.5) is 0 Å². The summed E-state index contributed by atoms with van der Waals surface area (Å²) in [7, 11) is 0. The third-order valence-corrected chi connectivity index (χ3v) is 1.86. The molecule has 50 valence electrons. The van der Waals surface area contributed by atoms with Crippen LogP contribution in [-0.4, -0.2) is 4.98 Å². The van der Waals surface area contributed by atoms with Gasteiger partial charge in [0.1, 0.15) is 5.40 Å². The molecule has 0 aliphatic rings. The molecule has 0 spiro atoms. The monoisotopic (exact) mass is 150 g/mol. The SMILES string of the molecule is Cc1ncccc1SC#N. The van der Waals surface area contributed by atoms with Crippen LogP contribution in [-0.2, 0) is 0 Å². The van der Waals surface area contributed by atoms with Crippen molar-refractivity contribution in [3.63, 3.8) is 0 Å². The van der Waals surface area contributed by atoms with Crippen molar-refractivity contribution in [3.05, 3.63) is 24.0 Å². The van der Waals surface area contributed by atoms with Crippen molar-refractivity contribution in [3.8, 4) is 5.40 Å². The minimum atomic E-state index is 0.911. The molecule has 0 aliphatic carbocycles. The van der Waals surface area contributed by atoms with Crippen LogP contribution in [0.15, 0.2) is 23.2 Å². The van der Waals surface area contributed by atoms with Gasteiger partial charge in [-0.05, 0) is 30.8 Å². The van der Waals surface area contributed by atoms with Crippen LogP contribution >= 0.6 is 11.8 Å². The first-order valence-electron chi connectivity index (χ1n) is 2.82. The molecule has 0 atom stereocenters. The van der Waals surface area contributed by atoms with Crippen LogP contribution in [0.3, 0.4) is 0 Å². The summed E-state index contributed by atoms with van der Waals surface area (Å²) in [5, 5.41) is 10.3. The highest BCUT2D eigenvalue weighted by atomic mass is 32.2. The Labute approximate surface area is 63.9 Å². The summed E-state index contributed by atoms with van der Waals surface area (Å²) in [5.74, 6) is 0. The molecule has 3 heteroatoms. The second kappa shape index (κ2) is 3.23. The Morgan fingerprint density at radius 3 is 3.10 bits per heavy atom. The van der Waals surface area contributed by atoms with E-state index in [-0.39, 0.29) is 0 Å². The van der Waals surface area contributed by atoms with Crippen LogP contribution in [0.2, 0.25) is 0 Å². The number of nitriles is 1. The summed E-state index contributed by atoms with van der Waals surface area (Å²) in [6, 6.07) is 3.71. The van der Waals surface area contributed by atoms with E-state index >= 15 is 0 Å². The topological polar surface area (TPSA) is 36.7 Å². The molecule has 0 saturated carbocycles. The molecular weight excluding hydrogens is 144 g/mol. The summed E-state index contributed by atoms with van der Waals surface area (Å²) in [6.45, 7) is 1.89. The standard InChI is InChI=1S/C7H6N2S/c1-6-7(10-5-8)3-2-4-9-6/h2-4H,1H3. The zero-order valence-corrected chi connectivity index (χ0v) is 6.35. The zero-order chi connectivity index (χ0) is 7.40. The molecule has 0 unspecified atom stereocenters. The van der Waals surface area contributed by atoms with Crippen molar-refractivity contribution >= 4 is 11.8 Å². The fraction of sp³-hybridized carbons (Fsp3) is 0.143. The van der Waals surface area contributed by atoms with Crippen LogP contribution in [0.25, 0.3) is 0 Å². The van der Waals surface area contributed by atoms with Crippen LogP contribution in [0.5, 0.6) is 0 Å². The quantitative estimate of drug-likeness (QED) is 0.453. The lowest BCUT2D eigenvalue weighted by Crippen LogP contribution is -1.80. The van der Waals surface area contributed by atoms with Crippen molar-refractivity contribution in [2.45, 2.75) is 11.8 Å². The van der Waals surface area contributed by atoms with Crippen LogP contribution in [0, 0.1) is 17.6 Å². The van der Waals surface area contributed by atoms with Gasteiger partial charge in [-0.3, -0.25) is 4.98 Å². The second-order valence-electron chi connectivity index (χ2n) is 1.78. The largest absolute Gasteiger partial charge is 0.260 e. The van der Waals surface area contributed by atoms with E-state index in [2.05, 4.69) is 4.98 Å². The fourth-order valence-corrected chi connectivity index (χ4v) is 1.07. The summed E-state index contributed by atoms with van der Waals surface area (Å²) in [6.07, 6.45) is 1.72. The van der Waals surface area contributed by atoms with Gasteiger partial charge in [-0.15, -0.1) is 0 Å². The van der Waals surface area contributed by atoms with Crippen molar-refractivity contribution in [2.75, 3.05) is 0 Å². The first kappa shape index (κ1) is 7.10. The lowest BCUT2D eigenvalue weighted by molar-refractivity contribution is 1.12. The maximum Gasteiger partial charge on any atom is 0.138 e. The molecule has 0 aromatic carbocycles. The highest BCUT2D eigenvalue weighted by molar-refractivity contribution is 8.03. The summed E-state index contributed by atoms with van der Waals surface area (Å²) in [4.78, 5) is 4.96. The van der Waals surface area contributed by atoms with E-state index in [0.717, 1.165) is 22.4 Å². The van der Waals surface area contributed by atoms with Crippen molar-refractivity contribution in [2.24, 2.45) is 0 Å². The van der Waals surface area contributed by atoms with Gasteiger partial charge in [0.05, 0.1) is 5.69 Å². The molecule has 1 heterocycles. The predicted molar refractivity (Wildman–Crippen MR) is 40.4 cm³/mol. The maximum atomic E-state index is 8.33. The normalized spacial score (nSPS) is 8.80. The maximum absolute atomic E-state index is 8.33. The van der Waals surface area contributed by atoms with E-state index < -0.39 is 0 Å². The molecule has 2 nitrogen and oxygen atoms in total. The van der Waals surface area contributed by atoms with Gasteiger partial charge in [0.2, 0.25) is 0 Å². The van der Waals surface area contributed by atoms with E-state index in [4.69, 9.17) is 5.26 Å². The summed E-state index contributed by atoms with van der Waals surface area (Å²) in [5.41, 5.74) is 0.911. The van der Waals surface area contributed by atoms with Gasteiger partial charge in [0.25, 0.3) is 0 Å². The van der Waals surface area contributed by atoms with E-state index in [1.807, 2.05) is 24.5 Å². The minimum absolute atomic E-state index is 0.911. The lowest BCUT2D eigenvalue weighted by atomic mass is 10.4. The van der Waals surface area contributed by atoms with E-state index in [1.165, 1.54) is 0 Å². The molecule has 0 fully saturated rings. The molecule has 0 N–H and O–H groups in total. The molecule has 0 radical (unpaired) electrons. The van der Waals surface area contributed by atoms with Gasteiger partial charge >= 0.3 is 0 Å². The summed E-state index contributed by atoms with van der Waals surface area (Å²) < 4.78 is 0. The highest BCUT2D eigenvalue weighted by Crippen LogP contribution is 2.17. The molecule has 1 aromatic rings. The molecule has 0 amide bonds. The Morgan fingerprint density at radius 1 is 1.70 bits per heavy atom. The average molecular weight is 150 g/mol. The minimum Gasteiger partial charge on any atom is -0.260 e. The Bertz CT molecular complexity index is 265. The Morgan fingerprint density at radius 2 is 2.50 bits per heavy atom. The third kappa shape index (κ3) is 1.49. The second-order valence-corrected chi connectivity index (χ2v) is 2.61. The van der Waals surface area contributed by atoms with Gasteiger partial charge in [-0.1, -0.05) is 0 Å². The number of rotatable bonds is 1. The molecule has 1 aromatic heterocycles. The van der Waals surface area contributed by atoms with Gasteiger partial charge in [0, 0.05) is 11.1 Å². The average Bonchev–Trinajstić information content (AvgIpc) is 1.94. The number of thioether (sulfide) groups is 1. The predicted octanol–water partition coefficient (Wildman–Crippen LogP) is 1.96. The molecule has 0 bridgehead atoms. The van der Waals surface area contributed by atoms with Crippen LogP contribution in [0.1, 0.15) is 5.69 Å². The molecule has 10 heavy (non-hydrogen) atoms. The molecule has 0 saturated heterocycles. The van der Waals surface area contributed by atoms with E-state index in [9.17, 15) is 0 Å². The van der Waals surface area contributed by atoms with Gasteiger partial charge in [0.15, 0.2) is 0 Å². The van der Waals surface area contributed by atoms with E-state index in [1.54, 1.807) is 6.20 Å². The number of hydrogen-bond acceptors (Lipinski definition) is 3. The van der Waals surface area contributed by atoms with Crippen LogP contribution < -0.4 is 0 Å². The third-order valence-electron chi connectivity index (χ3n) is 1.11. The van der Waals surface area contributed by atoms with Crippen molar-refractivity contribution < 1.29 is 0 Å². The first-order chi connectivity index (χ1) is 4.84. The molecule has 1 rings (SSSR count). The fourth-order valence-electron chi connectivity index (χ4n) is 0.627. The molecule has 0 aliphatic heterocycles. The first-order valence-corrected chi connectivity index (χ1v) is 3.64. The van der Waals surface area contributed by atoms with Crippen molar-refractivity contribution in [1.29, 1.82) is 5.26 Å². The Hall–Kier alpha value is -1.01. The number of hydrogen-bond donors (Lipinski definition) is 0. The Balaban J connectivity index is 2.94. The zero-order valence-electron chi connectivity index (χ0n) is 5.53. The number of aromatic nitrogens is 1. The van der Waals surface area contributed by atoms with E-state index in [0.29, 0.717) is 0 Å².